The highest BCUT2D eigenvalue weighted by atomic mass is 35.5. The number of hydrogen-bond donors (Lipinski definition) is 1. The first-order valence-electron chi connectivity index (χ1n) is 7.91. The second-order valence-corrected chi connectivity index (χ2v) is 7.01. The summed E-state index contributed by atoms with van der Waals surface area (Å²) in [6.45, 7) is 1.01. The van der Waals surface area contributed by atoms with Crippen molar-refractivity contribution in [1.82, 2.24) is 0 Å². The summed E-state index contributed by atoms with van der Waals surface area (Å²) in [4.78, 5) is 36.2. The molecule has 1 amide bonds. The van der Waals surface area contributed by atoms with Crippen LogP contribution in [-0.4, -0.2) is 24.3 Å². The number of halogens is 1. The molecule has 0 saturated carbocycles. The van der Waals surface area contributed by atoms with Gasteiger partial charge >= 0.3 is 5.97 Å². The Morgan fingerprint density at radius 3 is 2.42 bits per heavy atom. The number of nitrogens with one attached hydrogen (secondary N) is 1. The van der Waals surface area contributed by atoms with Gasteiger partial charge in [-0.15, -0.1) is 0 Å². The third-order valence-corrected chi connectivity index (χ3v) is 4.58. The lowest BCUT2D eigenvalue weighted by atomic mass is 10.2. The molecule has 0 bridgehead atoms. The molecule has 0 aliphatic carbocycles. The molecule has 1 N–H and O–H groups in total. The molecule has 2 rings (SSSR count). The molecule has 0 atom stereocenters. The van der Waals surface area contributed by atoms with Gasteiger partial charge in [0.15, 0.2) is 6.61 Å². The van der Waals surface area contributed by atoms with Crippen molar-refractivity contribution < 1.29 is 19.1 Å². The zero-order chi connectivity index (χ0) is 18.9. The van der Waals surface area contributed by atoms with Crippen LogP contribution in [0.5, 0.6) is 0 Å². The molecular formula is C19H18ClNO4S. The van der Waals surface area contributed by atoms with Gasteiger partial charge in [-0.05, 0) is 43.3 Å². The van der Waals surface area contributed by atoms with Gasteiger partial charge in [-0.2, -0.15) is 0 Å². The number of rotatable bonds is 8. The molecule has 0 aromatic heterocycles. The Hall–Kier alpha value is -2.31. The van der Waals surface area contributed by atoms with Crippen LogP contribution in [0, 0.1) is 0 Å². The van der Waals surface area contributed by atoms with E-state index in [1.807, 2.05) is 24.3 Å². The van der Waals surface area contributed by atoms with E-state index in [9.17, 15) is 14.4 Å². The number of esters is 1. The minimum atomic E-state index is -0.570. The van der Waals surface area contributed by atoms with Gasteiger partial charge in [-0.1, -0.05) is 35.5 Å². The summed E-state index contributed by atoms with van der Waals surface area (Å²) in [7, 11) is 0. The van der Waals surface area contributed by atoms with Gasteiger partial charge in [0.2, 0.25) is 0 Å². The van der Waals surface area contributed by atoms with E-state index in [4.69, 9.17) is 16.3 Å². The Balaban J connectivity index is 1.92. The Morgan fingerprint density at radius 2 is 1.73 bits per heavy atom. The minimum Gasteiger partial charge on any atom is -0.456 e. The number of para-hydroxylation sites is 1. The summed E-state index contributed by atoms with van der Waals surface area (Å²) in [5, 5.41) is 3.39. The summed E-state index contributed by atoms with van der Waals surface area (Å²) >= 11 is 7.37. The van der Waals surface area contributed by atoms with Crippen molar-refractivity contribution in [3.63, 3.8) is 0 Å². The number of hydrogen-bond acceptors (Lipinski definition) is 5. The molecule has 0 radical (unpaired) electrons. The molecule has 136 valence electrons. The van der Waals surface area contributed by atoms with Crippen molar-refractivity contribution in [2.75, 3.05) is 11.9 Å². The lowest BCUT2D eigenvalue weighted by Crippen LogP contribution is -2.21. The number of Topliss-reactive ketones (excluding diaryl/α,β-unsaturated/α-hetero) is 1. The average Bonchev–Trinajstić information content (AvgIpc) is 2.61. The highest BCUT2D eigenvalue weighted by molar-refractivity contribution is 7.99. The molecule has 26 heavy (non-hydrogen) atoms. The number of ketones is 1. The number of ether oxygens (including phenoxy) is 1. The standard InChI is InChI=1S/C19H18ClNO4S/c1-13(22)6-11-19(24)25-12-18(23)21-16-4-2-3-5-17(16)26-15-9-7-14(20)8-10-15/h2-5,7-10H,6,11-12H2,1H3,(H,21,23). The van der Waals surface area contributed by atoms with Crippen LogP contribution in [0.15, 0.2) is 58.3 Å². The van der Waals surface area contributed by atoms with Gasteiger partial charge in [0.1, 0.15) is 5.78 Å². The fourth-order valence-corrected chi connectivity index (χ4v) is 3.00. The normalized spacial score (nSPS) is 10.2. The fraction of sp³-hybridized carbons (Fsp3) is 0.211. The molecule has 0 saturated heterocycles. The van der Waals surface area contributed by atoms with E-state index in [-0.39, 0.29) is 18.6 Å². The molecule has 2 aromatic rings. The van der Waals surface area contributed by atoms with Crippen LogP contribution >= 0.6 is 23.4 Å². The average molecular weight is 392 g/mol. The zero-order valence-electron chi connectivity index (χ0n) is 14.2. The monoisotopic (exact) mass is 391 g/mol. The largest absolute Gasteiger partial charge is 0.456 e. The summed E-state index contributed by atoms with van der Waals surface area (Å²) in [5.74, 6) is -1.11. The molecule has 5 nitrogen and oxygen atoms in total. The predicted octanol–water partition coefficient (Wildman–Crippen LogP) is 4.34. The fourth-order valence-electron chi connectivity index (χ4n) is 1.97. The maximum absolute atomic E-state index is 12.0. The molecule has 0 spiro atoms. The Morgan fingerprint density at radius 1 is 1.04 bits per heavy atom. The first-order valence-corrected chi connectivity index (χ1v) is 9.11. The van der Waals surface area contributed by atoms with Crippen molar-refractivity contribution in [3.8, 4) is 0 Å². The lowest BCUT2D eigenvalue weighted by molar-refractivity contribution is -0.148. The van der Waals surface area contributed by atoms with Crippen LogP contribution in [0.25, 0.3) is 0 Å². The van der Waals surface area contributed by atoms with Crippen LogP contribution in [0.2, 0.25) is 5.02 Å². The molecule has 0 aliphatic rings. The van der Waals surface area contributed by atoms with Crippen LogP contribution in [0.3, 0.4) is 0 Å². The lowest BCUT2D eigenvalue weighted by Gasteiger charge is -2.11. The predicted molar refractivity (Wildman–Crippen MR) is 102 cm³/mol. The van der Waals surface area contributed by atoms with Crippen LogP contribution in [0.4, 0.5) is 5.69 Å². The third kappa shape index (κ3) is 6.90. The molecular weight excluding hydrogens is 374 g/mol. The summed E-state index contributed by atoms with van der Waals surface area (Å²) in [6.07, 6.45) is 0.0899. The van der Waals surface area contributed by atoms with Crippen molar-refractivity contribution in [1.29, 1.82) is 0 Å². The number of carbonyl (C=O) groups excluding carboxylic acids is 3. The Labute approximate surface area is 161 Å². The first kappa shape index (κ1) is 20.0. The van der Waals surface area contributed by atoms with E-state index in [1.165, 1.54) is 18.7 Å². The zero-order valence-corrected chi connectivity index (χ0v) is 15.7. The van der Waals surface area contributed by atoms with Gasteiger partial charge in [-0.25, -0.2) is 0 Å². The highest BCUT2D eigenvalue weighted by Crippen LogP contribution is 2.33. The molecule has 0 fully saturated rings. The van der Waals surface area contributed by atoms with Crippen molar-refractivity contribution in [2.45, 2.75) is 29.6 Å². The SMILES string of the molecule is CC(=O)CCC(=O)OCC(=O)Nc1ccccc1Sc1ccc(Cl)cc1. The molecule has 0 heterocycles. The minimum absolute atomic E-state index is 0.0222. The molecule has 7 heteroatoms. The molecule has 0 aliphatic heterocycles. The van der Waals surface area contributed by atoms with Crippen molar-refractivity contribution >= 4 is 46.7 Å². The van der Waals surface area contributed by atoms with E-state index in [0.717, 1.165) is 9.79 Å². The summed E-state index contributed by atoms with van der Waals surface area (Å²) < 4.78 is 4.87. The van der Waals surface area contributed by atoms with Gasteiger partial charge in [0, 0.05) is 21.2 Å². The van der Waals surface area contributed by atoms with E-state index in [2.05, 4.69) is 5.32 Å². The summed E-state index contributed by atoms with van der Waals surface area (Å²) in [6, 6.07) is 14.7. The van der Waals surface area contributed by atoms with Gasteiger partial charge in [-0.3, -0.25) is 9.59 Å². The second kappa shape index (κ2) is 9.99. The quantitative estimate of drug-likeness (QED) is 0.677. The number of benzene rings is 2. The van der Waals surface area contributed by atoms with E-state index >= 15 is 0 Å². The van der Waals surface area contributed by atoms with Crippen molar-refractivity contribution in [2.24, 2.45) is 0 Å². The number of carbonyl (C=O) groups is 3. The van der Waals surface area contributed by atoms with Crippen LogP contribution in [0.1, 0.15) is 19.8 Å². The number of amides is 1. The maximum Gasteiger partial charge on any atom is 0.306 e. The Kier molecular flexibility index (Phi) is 7.69. The van der Waals surface area contributed by atoms with E-state index in [1.54, 1.807) is 24.3 Å². The summed E-state index contributed by atoms with van der Waals surface area (Å²) in [5.41, 5.74) is 0.622. The van der Waals surface area contributed by atoms with Crippen molar-refractivity contribution in [3.05, 3.63) is 53.6 Å². The first-order chi connectivity index (χ1) is 12.4. The van der Waals surface area contributed by atoms with Gasteiger partial charge in [0.25, 0.3) is 5.91 Å². The smallest absolute Gasteiger partial charge is 0.306 e. The van der Waals surface area contributed by atoms with E-state index in [0.29, 0.717) is 10.7 Å². The highest BCUT2D eigenvalue weighted by Gasteiger charge is 2.11. The number of anilines is 1. The van der Waals surface area contributed by atoms with E-state index < -0.39 is 18.5 Å². The van der Waals surface area contributed by atoms with Gasteiger partial charge in [0.05, 0.1) is 12.1 Å². The maximum atomic E-state index is 12.0. The van der Waals surface area contributed by atoms with Gasteiger partial charge < -0.3 is 14.8 Å². The molecule has 2 aromatic carbocycles. The Bertz CT molecular complexity index is 792. The van der Waals surface area contributed by atoms with Crippen LogP contribution in [-0.2, 0) is 19.1 Å². The third-order valence-electron chi connectivity index (χ3n) is 3.25. The topological polar surface area (TPSA) is 72.5 Å². The molecule has 0 unspecified atom stereocenters. The second-order valence-electron chi connectivity index (χ2n) is 5.46. The van der Waals surface area contributed by atoms with Crippen LogP contribution < -0.4 is 5.32 Å².